The SMILES string of the molecule is O=C(O)CC1(CNC(=O)CCCCNC(=O)OCC2c3ccccc3-c3ccccc32)CCC1. The van der Waals surface area contributed by atoms with Crippen LogP contribution in [0.4, 0.5) is 4.79 Å². The van der Waals surface area contributed by atoms with E-state index in [1.807, 2.05) is 24.3 Å². The number of fused-ring (bicyclic) bond motifs is 3. The molecule has 0 aliphatic heterocycles. The van der Waals surface area contributed by atoms with Crippen molar-refractivity contribution < 1.29 is 24.2 Å². The normalized spacial score (nSPS) is 15.5. The van der Waals surface area contributed by atoms with E-state index in [9.17, 15) is 14.4 Å². The predicted molar refractivity (Wildman–Crippen MR) is 128 cm³/mol. The van der Waals surface area contributed by atoms with Crippen molar-refractivity contribution in [3.8, 4) is 11.1 Å². The van der Waals surface area contributed by atoms with Crippen LogP contribution < -0.4 is 10.6 Å². The molecule has 0 atom stereocenters. The summed E-state index contributed by atoms with van der Waals surface area (Å²) in [5.74, 6) is -0.854. The Morgan fingerprint density at radius 3 is 2.18 bits per heavy atom. The summed E-state index contributed by atoms with van der Waals surface area (Å²) >= 11 is 0. The number of alkyl carbamates (subject to hydrolysis) is 1. The molecule has 2 amide bonds. The number of unbranched alkanes of at least 4 members (excludes halogenated alkanes) is 1. The molecule has 0 unspecified atom stereocenters. The number of ether oxygens (including phenoxy) is 1. The summed E-state index contributed by atoms with van der Waals surface area (Å²) in [5.41, 5.74) is 4.46. The maximum Gasteiger partial charge on any atom is 0.407 e. The first-order valence-electron chi connectivity index (χ1n) is 12.0. The third-order valence-corrected chi connectivity index (χ3v) is 7.04. The number of carbonyl (C=O) groups excluding carboxylic acids is 2. The molecular weight excluding hydrogens is 432 g/mol. The number of hydrogen-bond acceptors (Lipinski definition) is 4. The summed E-state index contributed by atoms with van der Waals surface area (Å²) in [6, 6.07) is 16.4. The van der Waals surface area contributed by atoms with Crippen LogP contribution in [0.15, 0.2) is 48.5 Å². The minimum Gasteiger partial charge on any atom is -0.481 e. The van der Waals surface area contributed by atoms with E-state index in [-0.39, 0.29) is 30.3 Å². The number of carboxylic acid groups (broad SMARTS) is 1. The monoisotopic (exact) mass is 464 g/mol. The lowest BCUT2D eigenvalue weighted by Crippen LogP contribution is -2.43. The molecule has 2 aromatic carbocycles. The molecule has 2 aromatic rings. The maximum atomic E-state index is 12.2. The van der Waals surface area contributed by atoms with Crippen LogP contribution in [0.3, 0.4) is 0 Å². The molecule has 0 saturated heterocycles. The van der Waals surface area contributed by atoms with Crippen LogP contribution in [0.5, 0.6) is 0 Å². The van der Waals surface area contributed by atoms with Gasteiger partial charge in [0.2, 0.25) is 5.91 Å². The number of nitrogens with one attached hydrogen (secondary N) is 2. The Morgan fingerprint density at radius 2 is 1.59 bits per heavy atom. The van der Waals surface area contributed by atoms with E-state index in [1.165, 1.54) is 22.3 Å². The molecule has 1 saturated carbocycles. The van der Waals surface area contributed by atoms with E-state index in [1.54, 1.807) is 0 Å². The lowest BCUT2D eigenvalue weighted by atomic mass is 9.66. The van der Waals surface area contributed by atoms with Crippen molar-refractivity contribution in [2.75, 3.05) is 19.7 Å². The molecule has 2 aliphatic carbocycles. The zero-order chi connectivity index (χ0) is 24.0. The first kappa shape index (κ1) is 23.8. The molecule has 7 nitrogen and oxygen atoms in total. The Morgan fingerprint density at radius 1 is 0.941 bits per heavy atom. The van der Waals surface area contributed by atoms with E-state index in [4.69, 9.17) is 9.84 Å². The summed E-state index contributed by atoms with van der Waals surface area (Å²) in [5, 5.41) is 14.7. The van der Waals surface area contributed by atoms with E-state index in [2.05, 4.69) is 34.9 Å². The Hall–Kier alpha value is -3.35. The van der Waals surface area contributed by atoms with E-state index in [0.29, 0.717) is 32.4 Å². The molecule has 0 radical (unpaired) electrons. The van der Waals surface area contributed by atoms with Gasteiger partial charge in [0.15, 0.2) is 0 Å². The molecule has 180 valence electrons. The number of aliphatic carboxylic acids is 1. The van der Waals surface area contributed by atoms with Gasteiger partial charge in [0.1, 0.15) is 6.61 Å². The smallest absolute Gasteiger partial charge is 0.407 e. The van der Waals surface area contributed by atoms with Gasteiger partial charge in [-0.15, -0.1) is 0 Å². The Kier molecular flexibility index (Phi) is 7.50. The molecule has 0 spiro atoms. The van der Waals surface area contributed by atoms with Crippen LogP contribution in [0, 0.1) is 5.41 Å². The largest absolute Gasteiger partial charge is 0.481 e. The average Bonchev–Trinajstić information content (AvgIpc) is 3.12. The third-order valence-electron chi connectivity index (χ3n) is 7.04. The lowest BCUT2D eigenvalue weighted by Gasteiger charge is -2.40. The standard InChI is InChI=1S/C27H32N2O5/c30-24(29-18-27(13-7-14-27)16-25(31)32)12-5-6-15-28-26(33)34-17-23-21-10-3-1-8-19(21)20-9-2-4-11-22(20)23/h1-4,8-11,23H,5-7,12-18H2,(H,28,33)(H,29,30)(H,31,32). The highest BCUT2D eigenvalue weighted by atomic mass is 16.5. The number of hydrogen-bond donors (Lipinski definition) is 3. The van der Waals surface area contributed by atoms with Crippen LogP contribution in [-0.4, -0.2) is 42.8 Å². The van der Waals surface area contributed by atoms with Crippen molar-refractivity contribution in [3.05, 3.63) is 59.7 Å². The maximum absolute atomic E-state index is 12.2. The van der Waals surface area contributed by atoms with Crippen LogP contribution in [0.1, 0.15) is 62.0 Å². The number of rotatable bonds is 11. The molecule has 0 bridgehead atoms. The van der Waals surface area contributed by atoms with E-state index >= 15 is 0 Å². The van der Waals surface area contributed by atoms with Crippen LogP contribution in [0.25, 0.3) is 11.1 Å². The zero-order valence-corrected chi connectivity index (χ0v) is 19.3. The Labute approximate surface area is 199 Å². The molecule has 0 aromatic heterocycles. The number of benzene rings is 2. The minimum absolute atomic E-state index is 0.0296. The van der Waals surface area contributed by atoms with Gasteiger partial charge in [0.05, 0.1) is 6.42 Å². The summed E-state index contributed by atoms with van der Waals surface area (Å²) in [6.45, 7) is 1.14. The van der Waals surface area contributed by atoms with Gasteiger partial charge < -0.3 is 20.5 Å². The van der Waals surface area contributed by atoms with Crippen LogP contribution in [0.2, 0.25) is 0 Å². The van der Waals surface area contributed by atoms with Crippen molar-refractivity contribution in [1.82, 2.24) is 10.6 Å². The number of carbonyl (C=O) groups is 3. The van der Waals surface area contributed by atoms with Crippen LogP contribution in [-0.2, 0) is 14.3 Å². The van der Waals surface area contributed by atoms with Gasteiger partial charge in [0, 0.05) is 25.4 Å². The second-order valence-corrected chi connectivity index (χ2v) is 9.41. The molecule has 0 heterocycles. The fourth-order valence-electron chi connectivity index (χ4n) is 5.04. The van der Waals surface area contributed by atoms with Gasteiger partial charge in [-0.3, -0.25) is 9.59 Å². The highest BCUT2D eigenvalue weighted by Gasteiger charge is 2.39. The molecule has 1 fully saturated rings. The molecule has 2 aliphatic rings. The van der Waals surface area contributed by atoms with Crippen molar-refractivity contribution in [1.29, 1.82) is 0 Å². The van der Waals surface area contributed by atoms with Gasteiger partial charge in [-0.25, -0.2) is 4.79 Å². The summed E-state index contributed by atoms with van der Waals surface area (Å²) in [6.07, 6.45) is 4.04. The van der Waals surface area contributed by atoms with Gasteiger partial charge in [-0.05, 0) is 53.4 Å². The second kappa shape index (κ2) is 10.7. The minimum atomic E-state index is -0.812. The zero-order valence-electron chi connectivity index (χ0n) is 19.3. The highest BCUT2D eigenvalue weighted by molar-refractivity contribution is 5.79. The number of amides is 2. The quantitative estimate of drug-likeness (QED) is 0.426. The van der Waals surface area contributed by atoms with Gasteiger partial charge in [-0.1, -0.05) is 55.0 Å². The van der Waals surface area contributed by atoms with Crippen molar-refractivity contribution in [2.45, 2.75) is 50.9 Å². The van der Waals surface area contributed by atoms with Crippen molar-refractivity contribution in [2.24, 2.45) is 5.41 Å². The average molecular weight is 465 g/mol. The first-order chi connectivity index (χ1) is 16.5. The van der Waals surface area contributed by atoms with Crippen LogP contribution >= 0.6 is 0 Å². The van der Waals surface area contributed by atoms with Gasteiger partial charge in [0.25, 0.3) is 0 Å². The van der Waals surface area contributed by atoms with Crippen molar-refractivity contribution >= 4 is 18.0 Å². The highest BCUT2D eigenvalue weighted by Crippen LogP contribution is 2.45. The lowest BCUT2D eigenvalue weighted by molar-refractivity contribution is -0.141. The molecule has 34 heavy (non-hydrogen) atoms. The summed E-state index contributed by atoms with van der Waals surface area (Å²) < 4.78 is 5.52. The fraction of sp³-hybridized carbons (Fsp3) is 0.444. The predicted octanol–water partition coefficient (Wildman–Crippen LogP) is 4.46. The Balaban J connectivity index is 1.13. The third kappa shape index (κ3) is 5.58. The first-order valence-corrected chi connectivity index (χ1v) is 12.0. The van der Waals surface area contributed by atoms with Gasteiger partial charge >= 0.3 is 12.1 Å². The fourth-order valence-corrected chi connectivity index (χ4v) is 5.04. The second-order valence-electron chi connectivity index (χ2n) is 9.41. The summed E-state index contributed by atoms with van der Waals surface area (Å²) in [4.78, 5) is 35.3. The van der Waals surface area contributed by atoms with E-state index < -0.39 is 12.1 Å². The van der Waals surface area contributed by atoms with Crippen molar-refractivity contribution in [3.63, 3.8) is 0 Å². The Bertz CT molecular complexity index is 1000. The molecular formula is C27H32N2O5. The van der Waals surface area contributed by atoms with Gasteiger partial charge in [-0.2, -0.15) is 0 Å². The topological polar surface area (TPSA) is 105 Å². The number of carboxylic acids is 1. The van der Waals surface area contributed by atoms with E-state index in [0.717, 1.165) is 19.3 Å². The molecule has 3 N–H and O–H groups in total. The summed E-state index contributed by atoms with van der Waals surface area (Å²) in [7, 11) is 0. The molecule has 7 heteroatoms. The molecule has 4 rings (SSSR count).